The SMILES string of the molecule is Cc1nc2cc3nn2c(c1CC(=O)O)N1CCC(C)(CC1)OCCCCCc1ccn(n1)-c1cccc-3c1. The third-order valence-electron chi connectivity index (χ3n) is 7.91. The van der Waals surface area contributed by atoms with E-state index in [2.05, 4.69) is 24.0 Å². The minimum absolute atomic E-state index is 0.0965. The van der Waals surface area contributed by atoms with Crippen LogP contribution in [0.15, 0.2) is 42.6 Å². The first-order valence-electron chi connectivity index (χ1n) is 13.5. The predicted octanol–water partition coefficient (Wildman–Crippen LogP) is 4.62. The van der Waals surface area contributed by atoms with Crippen LogP contribution in [0.3, 0.4) is 0 Å². The van der Waals surface area contributed by atoms with E-state index in [0.717, 1.165) is 92.4 Å². The van der Waals surface area contributed by atoms with Crippen LogP contribution < -0.4 is 4.90 Å². The summed E-state index contributed by atoms with van der Waals surface area (Å²) in [6.07, 6.45) is 7.84. The molecule has 9 heteroatoms. The number of hydrogen-bond acceptors (Lipinski definition) is 6. The summed E-state index contributed by atoms with van der Waals surface area (Å²) < 4.78 is 10.2. The highest BCUT2D eigenvalue weighted by molar-refractivity contribution is 5.75. The molecule has 3 aromatic heterocycles. The van der Waals surface area contributed by atoms with Crippen LogP contribution in [0.4, 0.5) is 5.82 Å². The number of carboxylic acids is 1. The van der Waals surface area contributed by atoms with E-state index in [9.17, 15) is 9.90 Å². The van der Waals surface area contributed by atoms with Crippen LogP contribution in [-0.2, 0) is 22.4 Å². The Labute approximate surface area is 222 Å². The Hall–Kier alpha value is -3.72. The third kappa shape index (κ3) is 4.78. The molecule has 0 aliphatic carbocycles. The van der Waals surface area contributed by atoms with E-state index in [1.54, 1.807) is 0 Å². The van der Waals surface area contributed by atoms with E-state index in [-0.39, 0.29) is 12.0 Å². The zero-order valence-electron chi connectivity index (χ0n) is 22.1. The van der Waals surface area contributed by atoms with Crippen LogP contribution in [0.1, 0.15) is 56.0 Å². The topological polar surface area (TPSA) is 97.8 Å². The zero-order chi connectivity index (χ0) is 26.3. The minimum atomic E-state index is -0.874. The summed E-state index contributed by atoms with van der Waals surface area (Å²) in [5, 5.41) is 19.5. The first-order valence-corrected chi connectivity index (χ1v) is 13.5. The van der Waals surface area contributed by atoms with Crippen molar-refractivity contribution in [1.29, 1.82) is 0 Å². The van der Waals surface area contributed by atoms with Crippen molar-refractivity contribution in [2.45, 2.75) is 64.4 Å². The summed E-state index contributed by atoms with van der Waals surface area (Å²) in [6, 6.07) is 12.3. The Bertz CT molecular complexity index is 1480. The first kappa shape index (κ1) is 24.6. The van der Waals surface area contributed by atoms with Crippen LogP contribution >= 0.6 is 0 Å². The van der Waals surface area contributed by atoms with Gasteiger partial charge in [-0.05, 0) is 64.2 Å². The van der Waals surface area contributed by atoms with Gasteiger partial charge in [-0.3, -0.25) is 4.79 Å². The van der Waals surface area contributed by atoms with Crippen molar-refractivity contribution in [3.63, 3.8) is 0 Å². The number of anilines is 1. The molecule has 0 spiro atoms. The van der Waals surface area contributed by atoms with E-state index in [1.807, 2.05) is 46.6 Å². The van der Waals surface area contributed by atoms with Gasteiger partial charge in [0.15, 0.2) is 5.65 Å². The Morgan fingerprint density at radius 2 is 1.95 bits per heavy atom. The summed E-state index contributed by atoms with van der Waals surface area (Å²) in [5.41, 5.74) is 5.78. The molecule has 0 amide bonds. The summed E-state index contributed by atoms with van der Waals surface area (Å²) in [4.78, 5) is 18.9. The van der Waals surface area contributed by atoms with Crippen LogP contribution in [-0.4, -0.2) is 60.8 Å². The van der Waals surface area contributed by atoms with E-state index < -0.39 is 5.97 Å². The fourth-order valence-electron chi connectivity index (χ4n) is 5.65. The second-order valence-electron chi connectivity index (χ2n) is 10.8. The molecule has 7 rings (SSSR count). The van der Waals surface area contributed by atoms with E-state index >= 15 is 0 Å². The van der Waals surface area contributed by atoms with Crippen molar-refractivity contribution in [2.75, 3.05) is 24.6 Å². The fourth-order valence-corrected chi connectivity index (χ4v) is 5.65. The maximum Gasteiger partial charge on any atom is 0.308 e. The summed E-state index contributed by atoms with van der Waals surface area (Å²) in [7, 11) is 0. The number of carboxylic acid groups (broad SMARTS) is 1. The molecule has 1 fully saturated rings. The Morgan fingerprint density at radius 1 is 1.11 bits per heavy atom. The van der Waals surface area contributed by atoms with Gasteiger partial charge in [0, 0.05) is 48.8 Å². The third-order valence-corrected chi connectivity index (χ3v) is 7.91. The number of fused-ring (bicyclic) bond motifs is 7. The molecule has 0 atom stereocenters. The number of hydrogen-bond donors (Lipinski definition) is 1. The summed E-state index contributed by atoms with van der Waals surface area (Å²) in [6.45, 7) is 6.39. The smallest absolute Gasteiger partial charge is 0.308 e. The molecular formula is C29H34N6O3. The maximum absolute atomic E-state index is 11.8. The molecule has 6 heterocycles. The molecule has 0 radical (unpaired) electrons. The molecule has 1 N–H and O–H groups in total. The number of piperidine rings is 1. The number of rotatable bonds is 2. The Kier molecular flexibility index (Phi) is 6.39. The quantitative estimate of drug-likeness (QED) is 0.417. The van der Waals surface area contributed by atoms with Gasteiger partial charge in [-0.1, -0.05) is 18.6 Å². The molecule has 0 saturated carbocycles. The minimum Gasteiger partial charge on any atom is -0.481 e. The summed E-state index contributed by atoms with van der Waals surface area (Å²) >= 11 is 0. The molecule has 1 saturated heterocycles. The van der Waals surface area contributed by atoms with E-state index in [1.165, 1.54) is 0 Å². The first-order chi connectivity index (χ1) is 18.4. The molecule has 3 aliphatic heterocycles. The van der Waals surface area contributed by atoms with Crippen molar-refractivity contribution in [2.24, 2.45) is 0 Å². The molecular weight excluding hydrogens is 480 g/mol. The second kappa shape index (κ2) is 9.87. The Morgan fingerprint density at radius 3 is 2.76 bits per heavy atom. The zero-order valence-corrected chi connectivity index (χ0v) is 22.1. The fraction of sp³-hybridized carbons (Fsp3) is 0.448. The van der Waals surface area contributed by atoms with Gasteiger partial charge in [-0.25, -0.2) is 9.67 Å². The number of benzene rings is 1. The van der Waals surface area contributed by atoms with Crippen molar-refractivity contribution in [3.05, 3.63) is 59.5 Å². The van der Waals surface area contributed by atoms with Crippen molar-refractivity contribution in [1.82, 2.24) is 24.4 Å². The molecule has 8 bridgehead atoms. The van der Waals surface area contributed by atoms with Crippen molar-refractivity contribution >= 4 is 17.4 Å². The average Bonchev–Trinajstić information content (AvgIpc) is 3.54. The lowest BCUT2D eigenvalue weighted by molar-refractivity contribution is -0.136. The summed E-state index contributed by atoms with van der Waals surface area (Å²) in [5.74, 6) is -0.0497. The van der Waals surface area contributed by atoms with Crippen molar-refractivity contribution in [3.8, 4) is 16.9 Å². The van der Waals surface area contributed by atoms with Crippen LogP contribution in [0, 0.1) is 6.92 Å². The van der Waals surface area contributed by atoms with Gasteiger partial charge >= 0.3 is 5.97 Å². The van der Waals surface area contributed by atoms with Crippen LogP contribution in [0.2, 0.25) is 0 Å². The number of nitrogens with zero attached hydrogens (tertiary/aromatic N) is 6. The lowest BCUT2D eigenvalue weighted by Gasteiger charge is -2.41. The van der Waals surface area contributed by atoms with Gasteiger partial charge in [0.1, 0.15) is 5.82 Å². The number of aryl methyl sites for hydroxylation is 2. The molecule has 38 heavy (non-hydrogen) atoms. The lowest BCUT2D eigenvalue weighted by atomic mass is 9.92. The van der Waals surface area contributed by atoms with Gasteiger partial charge < -0.3 is 14.7 Å². The number of carbonyl (C=O) groups is 1. The number of aliphatic carboxylic acids is 1. The molecule has 3 aliphatic rings. The monoisotopic (exact) mass is 514 g/mol. The molecule has 4 aromatic rings. The standard InChI is InChI=1S/C29H34N6O3/c1-20-24(18-27(36)37)28-33-14-11-29(2,12-15-33)38-16-5-3-4-8-22-10-13-34(31-22)23-9-6-7-21(17-23)25-19-26(30-20)35(28)32-25/h6-7,9-10,13,17,19H,3-5,8,11-12,14-16,18H2,1-2H3,(H,36,37). The van der Waals surface area contributed by atoms with Crippen LogP contribution in [0.5, 0.6) is 0 Å². The largest absolute Gasteiger partial charge is 0.481 e. The highest BCUT2D eigenvalue weighted by Gasteiger charge is 2.33. The van der Waals surface area contributed by atoms with Crippen molar-refractivity contribution < 1.29 is 14.6 Å². The highest BCUT2D eigenvalue weighted by Crippen LogP contribution is 2.34. The van der Waals surface area contributed by atoms with Crippen LogP contribution in [0.25, 0.3) is 22.6 Å². The van der Waals surface area contributed by atoms with Gasteiger partial charge in [0.05, 0.1) is 29.1 Å². The number of ether oxygens (including phenoxy) is 1. The Balaban J connectivity index is 1.48. The number of aromatic nitrogens is 5. The van der Waals surface area contributed by atoms with E-state index in [0.29, 0.717) is 11.2 Å². The second-order valence-corrected chi connectivity index (χ2v) is 10.8. The van der Waals surface area contributed by atoms with Gasteiger partial charge in [0.2, 0.25) is 0 Å². The highest BCUT2D eigenvalue weighted by atomic mass is 16.5. The maximum atomic E-state index is 11.8. The van der Waals surface area contributed by atoms with E-state index in [4.69, 9.17) is 19.9 Å². The molecule has 9 nitrogen and oxygen atoms in total. The van der Waals surface area contributed by atoms with Gasteiger partial charge in [-0.15, -0.1) is 0 Å². The average molecular weight is 515 g/mol. The molecule has 1 aromatic carbocycles. The normalized spacial score (nSPS) is 17.7. The molecule has 198 valence electrons. The lowest BCUT2D eigenvalue weighted by Crippen LogP contribution is -2.45. The predicted molar refractivity (Wildman–Crippen MR) is 145 cm³/mol. The van der Waals surface area contributed by atoms with Gasteiger partial charge in [0.25, 0.3) is 0 Å². The van der Waals surface area contributed by atoms with Gasteiger partial charge in [-0.2, -0.15) is 14.7 Å². The molecule has 0 unspecified atom stereocenters.